The summed E-state index contributed by atoms with van der Waals surface area (Å²) in [6.45, 7) is 2.37. The van der Waals surface area contributed by atoms with E-state index in [1.54, 1.807) is 24.3 Å². The lowest BCUT2D eigenvalue weighted by molar-refractivity contribution is -0.384. The molecule has 0 bridgehead atoms. The molecule has 33 heavy (non-hydrogen) atoms. The third-order valence-electron chi connectivity index (χ3n) is 4.88. The molecular formula is C25H20ClN3O4. The molecule has 0 unspecified atom stereocenters. The summed E-state index contributed by atoms with van der Waals surface area (Å²) in [5.41, 5.74) is 2.37. The minimum Gasteiger partial charge on any atom is -0.323 e. The number of carbonyl (C=O) groups excluding carboxylic acids is 2. The number of nitro benzene ring substituents is 1. The van der Waals surface area contributed by atoms with Crippen LogP contribution in [0.25, 0.3) is 0 Å². The van der Waals surface area contributed by atoms with Gasteiger partial charge in [-0.3, -0.25) is 19.7 Å². The first-order valence-electron chi connectivity index (χ1n) is 9.92. The van der Waals surface area contributed by atoms with Crippen LogP contribution >= 0.6 is 11.6 Å². The number of benzene rings is 3. The summed E-state index contributed by atoms with van der Waals surface area (Å²) in [6.07, 6.45) is 5.49. The Morgan fingerprint density at radius 3 is 2.42 bits per heavy atom. The first-order valence-corrected chi connectivity index (χ1v) is 10.3. The second-order valence-corrected chi connectivity index (χ2v) is 7.68. The van der Waals surface area contributed by atoms with Crippen molar-refractivity contribution in [1.29, 1.82) is 0 Å². The highest BCUT2D eigenvalue weighted by Crippen LogP contribution is 2.25. The predicted octanol–water partition coefficient (Wildman–Crippen LogP) is 5.08. The van der Waals surface area contributed by atoms with Gasteiger partial charge in [0.15, 0.2) is 0 Å². The summed E-state index contributed by atoms with van der Waals surface area (Å²) in [5, 5.41) is 13.5. The van der Waals surface area contributed by atoms with Gasteiger partial charge in [-0.15, -0.1) is 6.42 Å². The minimum absolute atomic E-state index is 0.0460. The molecule has 0 saturated carbocycles. The highest BCUT2D eigenvalue weighted by Gasteiger charge is 2.21. The SMILES string of the molecule is C#CCN(Cc1ccc(C)cc1)C(=O)c1ccccc1NC(=O)c1ccc([N+](=O)[O-])cc1Cl. The molecule has 0 aliphatic heterocycles. The molecule has 0 heterocycles. The van der Waals surface area contributed by atoms with E-state index in [0.717, 1.165) is 17.2 Å². The zero-order valence-electron chi connectivity index (χ0n) is 17.7. The summed E-state index contributed by atoms with van der Waals surface area (Å²) in [4.78, 5) is 37.9. The quantitative estimate of drug-likeness (QED) is 0.301. The lowest BCUT2D eigenvalue weighted by Gasteiger charge is -2.22. The average Bonchev–Trinajstić information content (AvgIpc) is 2.80. The topological polar surface area (TPSA) is 92.6 Å². The normalized spacial score (nSPS) is 10.2. The Labute approximate surface area is 196 Å². The minimum atomic E-state index is -0.602. The van der Waals surface area contributed by atoms with Crippen molar-refractivity contribution in [2.75, 3.05) is 11.9 Å². The standard InChI is InChI=1S/C25H20ClN3O4/c1-3-14-28(16-18-10-8-17(2)9-11-18)25(31)21-6-4-5-7-23(21)27-24(30)20-13-12-19(29(32)33)15-22(20)26/h1,4-13,15H,14,16H2,2H3,(H,27,30). The van der Waals surface area contributed by atoms with Gasteiger partial charge < -0.3 is 10.2 Å². The molecule has 1 N–H and O–H groups in total. The Balaban J connectivity index is 1.86. The molecule has 0 aliphatic rings. The molecule has 0 radical (unpaired) electrons. The van der Waals surface area contributed by atoms with Gasteiger partial charge in [-0.05, 0) is 30.7 Å². The smallest absolute Gasteiger partial charge is 0.270 e. The number of hydrogen-bond donors (Lipinski definition) is 1. The van der Waals surface area contributed by atoms with Crippen molar-refractivity contribution >= 4 is 34.8 Å². The van der Waals surface area contributed by atoms with E-state index in [2.05, 4.69) is 11.2 Å². The molecule has 0 aromatic heterocycles. The van der Waals surface area contributed by atoms with Gasteiger partial charge in [0.2, 0.25) is 0 Å². The molecule has 0 fully saturated rings. The lowest BCUT2D eigenvalue weighted by atomic mass is 10.1. The van der Waals surface area contributed by atoms with Crippen LogP contribution in [0, 0.1) is 29.4 Å². The highest BCUT2D eigenvalue weighted by atomic mass is 35.5. The van der Waals surface area contributed by atoms with Crippen LogP contribution in [0.2, 0.25) is 5.02 Å². The number of non-ortho nitro benzene ring substituents is 1. The molecule has 2 amide bonds. The van der Waals surface area contributed by atoms with Crippen LogP contribution < -0.4 is 5.32 Å². The highest BCUT2D eigenvalue weighted by molar-refractivity contribution is 6.34. The molecule has 0 spiro atoms. The predicted molar refractivity (Wildman–Crippen MR) is 127 cm³/mol. The van der Waals surface area contributed by atoms with Gasteiger partial charge in [0.05, 0.1) is 33.3 Å². The molecule has 8 heteroatoms. The van der Waals surface area contributed by atoms with E-state index < -0.39 is 10.8 Å². The Kier molecular flexibility index (Phi) is 7.44. The number of nitro groups is 1. The van der Waals surface area contributed by atoms with E-state index in [4.69, 9.17) is 18.0 Å². The first-order chi connectivity index (χ1) is 15.8. The molecule has 0 saturated heterocycles. The van der Waals surface area contributed by atoms with Crippen LogP contribution in [0.1, 0.15) is 31.8 Å². The van der Waals surface area contributed by atoms with Crippen LogP contribution in [0.15, 0.2) is 66.7 Å². The van der Waals surface area contributed by atoms with Crippen molar-refractivity contribution < 1.29 is 14.5 Å². The van der Waals surface area contributed by atoms with Gasteiger partial charge in [0, 0.05) is 18.7 Å². The summed E-state index contributed by atoms with van der Waals surface area (Å²) < 4.78 is 0. The first kappa shape index (κ1) is 23.5. The zero-order chi connectivity index (χ0) is 24.0. The fraction of sp³-hybridized carbons (Fsp3) is 0.120. The van der Waals surface area contributed by atoms with Gasteiger partial charge in [0.1, 0.15) is 0 Å². The number of rotatable bonds is 7. The van der Waals surface area contributed by atoms with E-state index in [0.29, 0.717) is 6.54 Å². The molecule has 3 rings (SSSR count). The number of terminal acetylenes is 1. The van der Waals surface area contributed by atoms with Gasteiger partial charge in [-0.1, -0.05) is 59.5 Å². The summed E-state index contributed by atoms with van der Waals surface area (Å²) in [6, 6.07) is 17.9. The number of anilines is 1. The van der Waals surface area contributed by atoms with E-state index in [9.17, 15) is 19.7 Å². The summed E-state index contributed by atoms with van der Waals surface area (Å²) in [5.74, 6) is 1.56. The van der Waals surface area contributed by atoms with Crippen molar-refractivity contribution in [3.63, 3.8) is 0 Å². The average molecular weight is 462 g/mol. The number of para-hydroxylation sites is 1. The van der Waals surface area contributed by atoms with Crippen LogP contribution in [0.5, 0.6) is 0 Å². The number of carbonyl (C=O) groups is 2. The van der Waals surface area contributed by atoms with Gasteiger partial charge >= 0.3 is 0 Å². The van der Waals surface area contributed by atoms with Crippen molar-refractivity contribution in [2.45, 2.75) is 13.5 Å². The number of nitrogens with one attached hydrogen (secondary N) is 1. The Bertz CT molecular complexity index is 1250. The second-order valence-electron chi connectivity index (χ2n) is 7.27. The van der Waals surface area contributed by atoms with E-state index in [-0.39, 0.29) is 40.0 Å². The molecule has 0 atom stereocenters. The fourth-order valence-electron chi connectivity index (χ4n) is 3.16. The van der Waals surface area contributed by atoms with Crippen LogP contribution in [-0.2, 0) is 6.54 Å². The largest absolute Gasteiger partial charge is 0.323 e. The monoisotopic (exact) mass is 461 g/mol. The van der Waals surface area contributed by atoms with Crippen molar-refractivity contribution in [3.8, 4) is 12.3 Å². The van der Waals surface area contributed by atoms with E-state index in [1.807, 2.05) is 31.2 Å². The third-order valence-corrected chi connectivity index (χ3v) is 5.19. The molecule has 3 aromatic rings. The molecule has 7 nitrogen and oxygen atoms in total. The van der Waals surface area contributed by atoms with E-state index >= 15 is 0 Å². The lowest BCUT2D eigenvalue weighted by Crippen LogP contribution is -2.31. The summed E-state index contributed by atoms with van der Waals surface area (Å²) in [7, 11) is 0. The van der Waals surface area contributed by atoms with Crippen LogP contribution in [0.4, 0.5) is 11.4 Å². The third kappa shape index (κ3) is 5.76. The Morgan fingerprint density at radius 1 is 1.09 bits per heavy atom. The van der Waals surface area contributed by atoms with E-state index in [1.165, 1.54) is 17.0 Å². The maximum absolute atomic E-state index is 13.3. The fourth-order valence-corrected chi connectivity index (χ4v) is 3.42. The molecule has 166 valence electrons. The van der Waals surface area contributed by atoms with Crippen LogP contribution in [0.3, 0.4) is 0 Å². The Hall–Kier alpha value is -4.15. The Morgan fingerprint density at radius 2 is 1.79 bits per heavy atom. The maximum atomic E-state index is 13.3. The number of nitrogens with zero attached hydrogens (tertiary/aromatic N) is 2. The summed E-state index contributed by atoms with van der Waals surface area (Å²) >= 11 is 6.07. The molecule has 0 aliphatic carbocycles. The number of amides is 2. The van der Waals surface area contributed by atoms with Gasteiger partial charge in [-0.2, -0.15) is 0 Å². The van der Waals surface area contributed by atoms with Crippen molar-refractivity contribution in [3.05, 3.63) is 104 Å². The number of halogens is 1. The molecular weight excluding hydrogens is 442 g/mol. The molecule has 3 aromatic carbocycles. The van der Waals surface area contributed by atoms with Crippen molar-refractivity contribution in [1.82, 2.24) is 4.90 Å². The van der Waals surface area contributed by atoms with Crippen LogP contribution in [-0.4, -0.2) is 28.2 Å². The number of hydrogen-bond acceptors (Lipinski definition) is 4. The maximum Gasteiger partial charge on any atom is 0.270 e. The second kappa shape index (κ2) is 10.4. The zero-order valence-corrected chi connectivity index (χ0v) is 18.5. The number of aryl methyl sites for hydroxylation is 1. The van der Waals surface area contributed by atoms with Gasteiger partial charge in [-0.25, -0.2) is 0 Å². The van der Waals surface area contributed by atoms with Crippen molar-refractivity contribution in [2.24, 2.45) is 0 Å². The van der Waals surface area contributed by atoms with Gasteiger partial charge in [0.25, 0.3) is 17.5 Å².